The van der Waals surface area contributed by atoms with Crippen LogP contribution < -0.4 is 5.32 Å². The van der Waals surface area contributed by atoms with Crippen LogP contribution in [0.25, 0.3) is 10.8 Å². The number of aliphatic hydroxyl groups excluding tert-OH is 1. The van der Waals surface area contributed by atoms with E-state index in [0.717, 1.165) is 28.8 Å². The molecule has 1 aliphatic rings. The number of rotatable bonds is 14. The molecule has 4 aromatic rings. The molecule has 4 aromatic carbocycles. The molecule has 8 nitrogen and oxygen atoms in total. The quantitative estimate of drug-likeness (QED) is 0.132. The van der Waals surface area contributed by atoms with E-state index in [1.807, 2.05) is 48.5 Å². The predicted octanol–water partition coefficient (Wildman–Crippen LogP) is 6.83. The molecule has 0 radical (unpaired) electrons. The molecule has 1 saturated heterocycles. The van der Waals surface area contributed by atoms with Crippen LogP contribution in [0.1, 0.15) is 85.3 Å². The van der Waals surface area contributed by atoms with Crippen LogP contribution in [0.3, 0.4) is 0 Å². The molecule has 0 unspecified atom stereocenters. The van der Waals surface area contributed by atoms with E-state index < -0.39 is 12.3 Å². The zero-order chi connectivity index (χ0) is 32.5. The Bertz CT molecular complexity index is 1590. The summed E-state index contributed by atoms with van der Waals surface area (Å²) in [4.78, 5) is 25.2. The summed E-state index contributed by atoms with van der Waals surface area (Å²) in [5, 5.41) is 23.7. The molecule has 0 saturated carbocycles. The molecule has 5 rings (SSSR count). The lowest BCUT2D eigenvalue weighted by atomic mass is 9.98. The van der Waals surface area contributed by atoms with Gasteiger partial charge in [0.25, 0.3) is 0 Å². The number of hydrogen-bond acceptors (Lipinski definition) is 6. The maximum atomic E-state index is 12.2. The third-order valence-corrected chi connectivity index (χ3v) is 8.81. The molecule has 1 amide bonds. The van der Waals surface area contributed by atoms with E-state index in [2.05, 4.69) is 66.7 Å². The average molecular weight is 625 g/mol. The van der Waals surface area contributed by atoms with E-state index in [1.54, 1.807) is 0 Å². The number of likely N-dealkylation sites (N-methyl/N-ethyl adjacent to an activating group) is 1. The van der Waals surface area contributed by atoms with Crippen LogP contribution in [0.4, 0.5) is 0 Å². The molecule has 1 aliphatic heterocycles. The molecule has 3 N–H and O–H groups in total. The van der Waals surface area contributed by atoms with Gasteiger partial charge in [-0.15, -0.1) is 0 Å². The van der Waals surface area contributed by atoms with E-state index in [1.165, 1.54) is 16.3 Å². The Hall–Kier alpha value is -4.08. The number of carboxylic acids is 1. The first-order valence-corrected chi connectivity index (χ1v) is 16.1. The third kappa shape index (κ3) is 9.01. The largest absolute Gasteiger partial charge is 0.481 e. The van der Waals surface area contributed by atoms with Crippen LogP contribution in [0.2, 0.25) is 0 Å². The van der Waals surface area contributed by atoms with Crippen LogP contribution in [-0.2, 0) is 32.2 Å². The maximum Gasteiger partial charge on any atom is 0.303 e. The van der Waals surface area contributed by atoms with Gasteiger partial charge in [-0.2, -0.15) is 0 Å². The van der Waals surface area contributed by atoms with Crippen molar-refractivity contribution in [1.29, 1.82) is 0 Å². The van der Waals surface area contributed by atoms with E-state index in [4.69, 9.17) is 14.6 Å². The fourth-order valence-corrected chi connectivity index (χ4v) is 5.88. The lowest BCUT2D eigenvalue weighted by molar-refractivity contribution is -0.253. The zero-order valence-corrected chi connectivity index (χ0v) is 26.6. The van der Waals surface area contributed by atoms with Gasteiger partial charge in [0.05, 0.1) is 18.8 Å². The summed E-state index contributed by atoms with van der Waals surface area (Å²) in [6.45, 7) is 3.33. The molecule has 1 heterocycles. The number of aliphatic hydroxyl groups is 1. The minimum atomic E-state index is -0.841. The standard InChI is InChI=1S/C38H44N2O6/c1-26(32-20-19-29-7-3-4-8-33(29)21-32)40(2)24-34-22-35(30-15-13-28(25-41)14-16-30)46-38(45-34)31-17-11-27(12-18-31)23-39-36(42)9-5-6-10-37(43)44/h3-4,7-8,11-21,26,34-35,38,41H,5-6,9-10,22-25H2,1-2H3,(H,39,42)(H,43,44)/t26-,34+,35-,38-/m1/s1. The number of aliphatic carboxylic acids is 1. The summed E-state index contributed by atoms with van der Waals surface area (Å²) < 4.78 is 13.1. The zero-order valence-electron chi connectivity index (χ0n) is 26.6. The Morgan fingerprint density at radius 3 is 2.26 bits per heavy atom. The van der Waals surface area contributed by atoms with Gasteiger partial charge in [-0.05, 0) is 65.9 Å². The van der Waals surface area contributed by atoms with Gasteiger partial charge in [0, 0.05) is 44.0 Å². The molecule has 4 atom stereocenters. The average Bonchev–Trinajstić information content (AvgIpc) is 3.08. The van der Waals surface area contributed by atoms with Gasteiger partial charge < -0.3 is 25.0 Å². The molecular formula is C38H44N2O6. The highest BCUT2D eigenvalue weighted by Crippen LogP contribution is 2.39. The second kappa shape index (κ2) is 16.0. The van der Waals surface area contributed by atoms with Crippen molar-refractivity contribution in [2.45, 2.75) is 76.7 Å². The molecule has 46 heavy (non-hydrogen) atoms. The first-order valence-electron chi connectivity index (χ1n) is 16.1. The number of carbonyl (C=O) groups is 2. The number of unbranched alkanes of at least 4 members (excludes halogenated alkanes) is 1. The Balaban J connectivity index is 1.25. The van der Waals surface area contributed by atoms with Crippen molar-refractivity contribution in [1.82, 2.24) is 10.2 Å². The Morgan fingerprint density at radius 2 is 1.54 bits per heavy atom. The summed E-state index contributed by atoms with van der Waals surface area (Å²) in [7, 11) is 2.13. The van der Waals surface area contributed by atoms with Crippen LogP contribution >= 0.6 is 0 Å². The highest BCUT2D eigenvalue weighted by atomic mass is 16.7. The van der Waals surface area contributed by atoms with E-state index >= 15 is 0 Å². The summed E-state index contributed by atoms with van der Waals surface area (Å²) >= 11 is 0. The normalized spacial score (nSPS) is 18.8. The molecule has 0 bridgehead atoms. The van der Waals surface area contributed by atoms with Crippen molar-refractivity contribution in [2.24, 2.45) is 0 Å². The predicted molar refractivity (Wildman–Crippen MR) is 178 cm³/mol. The fourth-order valence-electron chi connectivity index (χ4n) is 5.88. The Morgan fingerprint density at radius 1 is 0.870 bits per heavy atom. The fraction of sp³-hybridized carbons (Fsp3) is 0.368. The number of fused-ring (bicyclic) bond motifs is 1. The van der Waals surface area contributed by atoms with Gasteiger partial charge in [-0.1, -0.05) is 84.9 Å². The van der Waals surface area contributed by atoms with E-state index in [-0.39, 0.29) is 37.2 Å². The van der Waals surface area contributed by atoms with Crippen molar-refractivity contribution in [3.05, 3.63) is 119 Å². The first kappa shape index (κ1) is 33.3. The maximum absolute atomic E-state index is 12.2. The summed E-state index contributed by atoms with van der Waals surface area (Å²) in [6.07, 6.45) is 1.29. The number of benzene rings is 4. The number of nitrogens with one attached hydrogen (secondary N) is 1. The van der Waals surface area contributed by atoms with E-state index in [9.17, 15) is 14.7 Å². The van der Waals surface area contributed by atoms with Gasteiger partial charge in [0.1, 0.15) is 0 Å². The molecule has 242 valence electrons. The minimum absolute atomic E-state index is 0.00482. The third-order valence-electron chi connectivity index (χ3n) is 8.81. The number of nitrogens with zero attached hydrogens (tertiary/aromatic N) is 1. The molecule has 8 heteroatoms. The second-order valence-electron chi connectivity index (χ2n) is 12.2. The SMILES string of the molecule is C[C@H](c1ccc2ccccc2c1)N(C)C[C@@H]1C[C@H](c2ccc(CO)cc2)O[C@H](c2ccc(CNC(=O)CCCCC(=O)O)cc2)O1. The Kier molecular flexibility index (Phi) is 11.5. The van der Waals surface area contributed by atoms with Crippen molar-refractivity contribution < 1.29 is 29.3 Å². The van der Waals surface area contributed by atoms with Gasteiger partial charge >= 0.3 is 5.97 Å². The summed E-state index contributed by atoms with van der Waals surface area (Å²) in [5.74, 6) is -0.931. The lowest BCUT2D eigenvalue weighted by Crippen LogP contribution is -2.38. The number of carboxylic acid groups (broad SMARTS) is 1. The van der Waals surface area contributed by atoms with Crippen LogP contribution in [0, 0.1) is 0 Å². The van der Waals surface area contributed by atoms with Crippen LogP contribution in [0.5, 0.6) is 0 Å². The number of hydrogen-bond donors (Lipinski definition) is 3. The molecule has 0 spiro atoms. The van der Waals surface area contributed by atoms with Gasteiger partial charge in [-0.3, -0.25) is 14.5 Å². The first-order chi connectivity index (χ1) is 22.3. The molecule has 0 aliphatic carbocycles. The molecular weight excluding hydrogens is 580 g/mol. The topological polar surface area (TPSA) is 108 Å². The van der Waals surface area contributed by atoms with E-state index in [0.29, 0.717) is 32.2 Å². The van der Waals surface area contributed by atoms with Gasteiger partial charge in [-0.25, -0.2) is 0 Å². The lowest BCUT2D eigenvalue weighted by Gasteiger charge is -2.39. The monoisotopic (exact) mass is 624 g/mol. The van der Waals surface area contributed by atoms with Crippen molar-refractivity contribution in [3.8, 4) is 0 Å². The van der Waals surface area contributed by atoms with Crippen molar-refractivity contribution in [3.63, 3.8) is 0 Å². The summed E-state index contributed by atoms with van der Waals surface area (Å²) in [6, 6.07) is 31.0. The van der Waals surface area contributed by atoms with Crippen molar-refractivity contribution >= 4 is 22.6 Å². The van der Waals surface area contributed by atoms with Crippen LogP contribution in [0.15, 0.2) is 91.0 Å². The van der Waals surface area contributed by atoms with Gasteiger partial charge in [0.2, 0.25) is 5.91 Å². The van der Waals surface area contributed by atoms with Gasteiger partial charge in [0.15, 0.2) is 6.29 Å². The highest BCUT2D eigenvalue weighted by Gasteiger charge is 2.33. The number of carbonyl (C=O) groups excluding carboxylic acids is 1. The number of ether oxygens (including phenoxy) is 2. The van der Waals surface area contributed by atoms with Crippen molar-refractivity contribution in [2.75, 3.05) is 13.6 Å². The van der Waals surface area contributed by atoms with Crippen LogP contribution in [-0.4, -0.2) is 46.7 Å². The molecule has 1 fully saturated rings. The minimum Gasteiger partial charge on any atom is -0.481 e. The number of amides is 1. The molecule has 0 aromatic heterocycles. The Labute approximate surface area is 271 Å². The smallest absolute Gasteiger partial charge is 0.303 e. The summed E-state index contributed by atoms with van der Waals surface area (Å²) in [5.41, 5.74) is 5.01. The second-order valence-corrected chi connectivity index (χ2v) is 12.2. The highest BCUT2D eigenvalue weighted by molar-refractivity contribution is 5.83.